The topological polar surface area (TPSA) is 208 Å². The standard InChI is InChI=1S/C46H54N6O9/c1-46(2,3)61-45(59)51-34(16-10-11-21-50-44(58)60-26-31-29-14-8-6-12-27(29)28-13-7-9-15-30(28)31)43(57)49-23-22-47-32-17-19-35(53)39-37(32)41(55)40-36(54)20-18-33(38(40)42(39)56)48-24-25-52(4)5/h6-9,12-15,17-20,31,34,47-48,53-54H,10-11,16,21-26H2,1-5H3,(H,49,57)(H,50,58)(H,51,59). The quantitative estimate of drug-likeness (QED) is 0.0427. The Bertz CT molecular complexity index is 2260. The highest BCUT2D eigenvalue weighted by atomic mass is 16.6. The zero-order chi connectivity index (χ0) is 43.8. The zero-order valence-corrected chi connectivity index (χ0v) is 35.1. The second-order valence-corrected chi connectivity index (χ2v) is 16.3. The molecule has 0 saturated heterocycles. The molecule has 3 amide bonds. The number of benzene rings is 4. The number of nitrogens with one attached hydrogen (secondary N) is 5. The van der Waals surface area contributed by atoms with Crippen LogP contribution in [-0.2, 0) is 14.3 Å². The van der Waals surface area contributed by atoms with E-state index in [1.165, 1.54) is 24.3 Å². The van der Waals surface area contributed by atoms with Crippen LogP contribution in [0, 0.1) is 0 Å². The van der Waals surface area contributed by atoms with Gasteiger partial charge in [-0.05, 0) is 101 Å². The fourth-order valence-electron chi connectivity index (χ4n) is 7.61. The van der Waals surface area contributed by atoms with Crippen molar-refractivity contribution in [1.82, 2.24) is 20.9 Å². The van der Waals surface area contributed by atoms with Crippen molar-refractivity contribution >= 4 is 41.0 Å². The molecular weight excluding hydrogens is 781 g/mol. The van der Waals surface area contributed by atoms with Gasteiger partial charge in [0.05, 0.1) is 22.3 Å². The monoisotopic (exact) mass is 834 g/mol. The minimum atomic E-state index is -0.968. The first-order valence-electron chi connectivity index (χ1n) is 20.4. The lowest BCUT2D eigenvalue weighted by Gasteiger charge is -2.25. The van der Waals surface area contributed by atoms with Crippen LogP contribution < -0.4 is 26.6 Å². The van der Waals surface area contributed by atoms with E-state index in [1.807, 2.05) is 43.3 Å². The van der Waals surface area contributed by atoms with Crippen molar-refractivity contribution in [3.05, 3.63) is 106 Å². The zero-order valence-electron chi connectivity index (χ0n) is 35.1. The van der Waals surface area contributed by atoms with E-state index in [4.69, 9.17) is 9.47 Å². The second-order valence-electron chi connectivity index (χ2n) is 16.3. The summed E-state index contributed by atoms with van der Waals surface area (Å²) in [5, 5.41) is 36.0. The maximum absolute atomic E-state index is 13.9. The minimum absolute atomic E-state index is 0.0208. The van der Waals surface area contributed by atoms with Crippen LogP contribution in [-0.4, -0.2) is 110 Å². The molecule has 1 atom stereocenters. The number of fused-ring (bicyclic) bond motifs is 5. The molecule has 7 N–H and O–H groups in total. The third kappa shape index (κ3) is 10.4. The van der Waals surface area contributed by atoms with Gasteiger partial charge < -0.3 is 51.2 Å². The van der Waals surface area contributed by atoms with E-state index in [-0.39, 0.29) is 78.0 Å². The lowest BCUT2D eigenvalue weighted by molar-refractivity contribution is -0.123. The van der Waals surface area contributed by atoms with E-state index in [2.05, 4.69) is 50.8 Å². The number of aromatic hydroxyl groups is 2. The molecule has 0 bridgehead atoms. The molecule has 4 aromatic rings. The Balaban J connectivity index is 1.02. The van der Waals surface area contributed by atoms with Crippen molar-refractivity contribution in [2.75, 3.05) is 64.1 Å². The summed E-state index contributed by atoms with van der Waals surface area (Å²) in [5.74, 6) is -2.56. The molecule has 0 radical (unpaired) electrons. The van der Waals surface area contributed by atoms with Gasteiger partial charge in [-0.1, -0.05) is 48.5 Å². The summed E-state index contributed by atoms with van der Waals surface area (Å²) in [6.45, 7) is 6.87. The number of ketones is 2. The summed E-state index contributed by atoms with van der Waals surface area (Å²) in [6.07, 6.45) is -0.110. The molecule has 2 aliphatic rings. The Kier molecular flexibility index (Phi) is 13.8. The van der Waals surface area contributed by atoms with Crippen LogP contribution >= 0.6 is 0 Å². The number of phenolic OH excluding ortho intramolecular Hbond substituents is 2. The predicted molar refractivity (Wildman–Crippen MR) is 232 cm³/mol. The average molecular weight is 835 g/mol. The van der Waals surface area contributed by atoms with E-state index < -0.39 is 41.3 Å². The van der Waals surface area contributed by atoms with E-state index in [1.54, 1.807) is 20.8 Å². The van der Waals surface area contributed by atoms with Gasteiger partial charge in [-0.25, -0.2) is 9.59 Å². The number of alkyl carbamates (subject to hydrolysis) is 2. The van der Waals surface area contributed by atoms with Crippen molar-refractivity contribution < 1.29 is 43.7 Å². The Labute approximate surface area is 355 Å². The smallest absolute Gasteiger partial charge is 0.408 e. The van der Waals surface area contributed by atoms with Crippen molar-refractivity contribution in [3.8, 4) is 22.6 Å². The second kappa shape index (κ2) is 19.2. The largest absolute Gasteiger partial charge is 0.507 e. The highest BCUT2D eigenvalue weighted by Gasteiger charge is 2.38. The molecule has 322 valence electrons. The number of amides is 3. The summed E-state index contributed by atoms with van der Waals surface area (Å²) in [6, 6.07) is 20.9. The number of unbranched alkanes of at least 4 members (excludes halogenated alkanes) is 1. The first-order chi connectivity index (χ1) is 29.1. The van der Waals surface area contributed by atoms with E-state index in [9.17, 15) is 34.2 Å². The summed E-state index contributed by atoms with van der Waals surface area (Å²) in [7, 11) is 3.80. The van der Waals surface area contributed by atoms with Gasteiger partial charge in [0.2, 0.25) is 17.5 Å². The van der Waals surface area contributed by atoms with Crippen molar-refractivity contribution in [2.24, 2.45) is 0 Å². The maximum Gasteiger partial charge on any atom is 0.408 e. The van der Waals surface area contributed by atoms with Crippen LogP contribution in [0.25, 0.3) is 11.1 Å². The number of nitrogens with zero attached hydrogens (tertiary/aromatic N) is 1. The number of rotatable bonds is 17. The number of anilines is 2. The molecule has 15 nitrogen and oxygen atoms in total. The maximum atomic E-state index is 13.9. The molecule has 0 fully saturated rings. The number of phenols is 2. The minimum Gasteiger partial charge on any atom is -0.507 e. The SMILES string of the molecule is CN(C)CCNc1ccc(O)c2c1C(=O)c1c(O)ccc(NCCNC(=O)C(CCCCNC(=O)OCC3c4ccccc4-c4ccccc43)NC(=O)OC(C)(C)C)c1C2=O. The average Bonchev–Trinajstić information content (AvgIpc) is 3.53. The summed E-state index contributed by atoms with van der Waals surface area (Å²) in [5.41, 5.74) is 3.82. The number of ether oxygens (including phenoxy) is 2. The Hall–Kier alpha value is -6.61. The van der Waals surface area contributed by atoms with Gasteiger partial charge >= 0.3 is 12.2 Å². The van der Waals surface area contributed by atoms with Gasteiger partial charge in [0, 0.05) is 50.0 Å². The Morgan fingerprint density at radius 3 is 1.80 bits per heavy atom. The van der Waals surface area contributed by atoms with Crippen LogP contribution in [0.4, 0.5) is 21.0 Å². The fraction of sp³-hybridized carbons (Fsp3) is 0.370. The van der Waals surface area contributed by atoms with Gasteiger partial charge in [0.25, 0.3) is 0 Å². The predicted octanol–water partition coefficient (Wildman–Crippen LogP) is 5.98. The first kappa shape index (κ1) is 44.0. The molecule has 1 unspecified atom stereocenters. The molecular formula is C46H54N6O9. The van der Waals surface area contributed by atoms with E-state index in [0.717, 1.165) is 22.3 Å². The van der Waals surface area contributed by atoms with Gasteiger partial charge in [-0.3, -0.25) is 14.4 Å². The Morgan fingerprint density at radius 2 is 1.25 bits per heavy atom. The van der Waals surface area contributed by atoms with Gasteiger partial charge in [0.1, 0.15) is 29.7 Å². The molecule has 2 aliphatic carbocycles. The van der Waals surface area contributed by atoms with Crippen LogP contribution in [0.2, 0.25) is 0 Å². The molecule has 4 aromatic carbocycles. The first-order valence-corrected chi connectivity index (χ1v) is 20.4. The third-order valence-electron chi connectivity index (χ3n) is 10.4. The number of hydrogen-bond donors (Lipinski definition) is 7. The van der Waals surface area contributed by atoms with Crippen LogP contribution in [0.3, 0.4) is 0 Å². The molecule has 6 rings (SSSR count). The lowest BCUT2D eigenvalue weighted by atomic mass is 9.81. The number of carbonyl (C=O) groups is 5. The molecule has 0 saturated carbocycles. The summed E-state index contributed by atoms with van der Waals surface area (Å²) in [4.78, 5) is 68.6. The highest BCUT2D eigenvalue weighted by molar-refractivity contribution is 6.33. The van der Waals surface area contributed by atoms with Crippen LogP contribution in [0.1, 0.15) is 88.9 Å². The molecule has 0 aromatic heterocycles. The number of hydrogen-bond acceptors (Lipinski definition) is 12. The van der Waals surface area contributed by atoms with E-state index >= 15 is 0 Å². The third-order valence-corrected chi connectivity index (χ3v) is 10.4. The normalized spacial score (nSPS) is 13.3. The number of likely N-dealkylation sites (N-methyl/N-ethyl adjacent to an activating group) is 1. The Morgan fingerprint density at radius 1 is 0.689 bits per heavy atom. The van der Waals surface area contributed by atoms with Crippen LogP contribution in [0.15, 0.2) is 72.8 Å². The summed E-state index contributed by atoms with van der Waals surface area (Å²) < 4.78 is 11.0. The fourth-order valence-corrected chi connectivity index (χ4v) is 7.61. The van der Waals surface area contributed by atoms with Gasteiger partial charge in [-0.2, -0.15) is 0 Å². The van der Waals surface area contributed by atoms with E-state index in [0.29, 0.717) is 31.6 Å². The molecule has 61 heavy (non-hydrogen) atoms. The molecule has 15 heteroatoms. The lowest BCUT2D eigenvalue weighted by Crippen LogP contribution is -2.49. The van der Waals surface area contributed by atoms with Crippen molar-refractivity contribution in [3.63, 3.8) is 0 Å². The summed E-state index contributed by atoms with van der Waals surface area (Å²) >= 11 is 0. The highest BCUT2D eigenvalue weighted by Crippen LogP contribution is 2.45. The number of carbonyl (C=O) groups excluding carboxylic acids is 5. The van der Waals surface area contributed by atoms with Crippen LogP contribution in [0.5, 0.6) is 11.5 Å². The van der Waals surface area contributed by atoms with Crippen molar-refractivity contribution in [1.29, 1.82) is 0 Å². The molecule has 0 aliphatic heterocycles. The molecule has 0 heterocycles. The molecule has 0 spiro atoms. The van der Waals surface area contributed by atoms with Gasteiger partial charge in [-0.15, -0.1) is 0 Å². The van der Waals surface area contributed by atoms with Crippen molar-refractivity contribution in [2.45, 2.75) is 57.6 Å². The van der Waals surface area contributed by atoms with Gasteiger partial charge in [0.15, 0.2) is 0 Å².